The van der Waals surface area contributed by atoms with Gasteiger partial charge in [0.25, 0.3) is 5.91 Å². The zero-order chi connectivity index (χ0) is 14.7. The van der Waals surface area contributed by atoms with Crippen molar-refractivity contribution < 1.29 is 14.7 Å². The molecule has 0 atom stereocenters. The summed E-state index contributed by atoms with van der Waals surface area (Å²) in [6.07, 6.45) is 2.02. The number of amides is 1. The molecule has 0 spiro atoms. The van der Waals surface area contributed by atoms with Crippen LogP contribution in [0, 0.1) is 0 Å². The number of carboxylic acid groups (broad SMARTS) is 1. The molecule has 1 aromatic heterocycles. The van der Waals surface area contributed by atoms with E-state index in [4.69, 9.17) is 5.11 Å². The fourth-order valence-electron chi connectivity index (χ4n) is 1.92. The third-order valence-electron chi connectivity index (χ3n) is 2.98. The lowest BCUT2D eigenvalue weighted by Crippen LogP contribution is -2.19. The van der Waals surface area contributed by atoms with Crippen LogP contribution in [0.25, 0.3) is 0 Å². The van der Waals surface area contributed by atoms with Crippen molar-refractivity contribution in [1.29, 1.82) is 0 Å². The molecule has 0 aliphatic heterocycles. The number of aryl methyl sites for hydroxylation is 2. The summed E-state index contributed by atoms with van der Waals surface area (Å²) in [6.45, 7) is 2.02. The minimum atomic E-state index is -1.18. The second-order valence-electron chi connectivity index (χ2n) is 4.34. The minimum Gasteiger partial charge on any atom is -0.478 e. The third kappa shape index (κ3) is 2.69. The molecule has 0 aliphatic carbocycles. The van der Waals surface area contributed by atoms with E-state index in [-0.39, 0.29) is 11.3 Å². The van der Waals surface area contributed by atoms with Gasteiger partial charge in [-0.1, -0.05) is 19.1 Å². The molecular weight excluding hydrogens is 258 g/mol. The number of hydrogen-bond acceptors (Lipinski definition) is 3. The lowest BCUT2D eigenvalue weighted by atomic mass is 10.1. The van der Waals surface area contributed by atoms with Gasteiger partial charge in [0, 0.05) is 12.7 Å². The molecule has 0 fully saturated rings. The molecule has 0 saturated heterocycles. The molecule has 1 heterocycles. The molecule has 20 heavy (non-hydrogen) atoms. The van der Waals surface area contributed by atoms with E-state index in [9.17, 15) is 9.59 Å². The molecule has 0 unspecified atom stereocenters. The Morgan fingerprint density at radius 2 is 2.15 bits per heavy atom. The van der Waals surface area contributed by atoms with Crippen molar-refractivity contribution in [3.05, 3.63) is 47.3 Å². The van der Waals surface area contributed by atoms with Crippen molar-refractivity contribution in [3.63, 3.8) is 0 Å². The highest BCUT2D eigenvalue weighted by atomic mass is 16.4. The summed E-state index contributed by atoms with van der Waals surface area (Å²) in [7, 11) is 1.53. The van der Waals surface area contributed by atoms with Gasteiger partial charge in [-0.15, -0.1) is 0 Å². The Morgan fingerprint density at radius 1 is 1.40 bits per heavy atom. The first-order valence-corrected chi connectivity index (χ1v) is 6.18. The van der Waals surface area contributed by atoms with E-state index in [2.05, 4.69) is 10.4 Å². The van der Waals surface area contributed by atoms with Crippen molar-refractivity contribution in [1.82, 2.24) is 9.78 Å². The van der Waals surface area contributed by atoms with Crippen LogP contribution in [0.3, 0.4) is 0 Å². The number of carbonyl (C=O) groups is 2. The highest BCUT2D eigenvalue weighted by molar-refractivity contribution is 6.09. The first-order chi connectivity index (χ1) is 9.52. The number of anilines is 1. The number of aromatic nitrogens is 2. The molecule has 2 rings (SSSR count). The number of carboxylic acids is 1. The van der Waals surface area contributed by atoms with Crippen molar-refractivity contribution >= 4 is 17.6 Å². The first-order valence-electron chi connectivity index (χ1n) is 6.18. The molecule has 6 nitrogen and oxygen atoms in total. The van der Waals surface area contributed by atoms with Crippen LogP contribution in [0.1, 0.15) is 33.3 Å². The summed E-state index contributed by atoms with van der Waals surface area (Å²) in [4.78, 5) is 23.2. The van der Waals surface area contributed by atoms with E-state index in [1.54, 1.807) is 6.07 Å². The van der Waals surface area contributed by atoms with E-state index in [0.717, 1.165) is 12.0 Å². The fraction of sp³-hybridized carbons (Fsp3) is 0.214. The van der Waals surface area contributed by atoms with Crippen LogP contribution >= 0.6 is 0 Å². The Hall–Kier alpha value is -2.63. The van der Waals surface area contributed by atoms with E-state index < -0.39 is 11.9 Å². The lowest BCUT2D eigenvalue weighted by Gasteiger charge is -2.07. The normalized spacial score (nSPS) is 10.3. The summed E-state index contributed by atoms with van der Waals surface area (Å²) in [5.41, 5.74) is 1.63. The molecule has 0 aliphatic rings. The second kappa shape index (κ2) is 5.56. The number of nitrogens with zero attached hydrogens (tertiary/aromatic N) is 2. The average molecular weight is 273 g/mol. The van der Waals surface area contributed by atoms with E-state index >= 15 is 0 Å². The maximum atomic E-state index is 12.2. The summed E-state index contributed by atoms with van der Waals surface area (Å²) >= 11 is 0. The Bertz CT molecular complexity index is 661. The Morgan fingerprint density at radius 3 is 2.80 bits per heavy atom. The topological polar surface area (TPSA) is 84.2 Å². The molecule has 1 amide bonds. The SMILES string of the molecule is CCc1cccc(NC(=O)c2c(C(=O)O)cnn2C)c1. The van der Waals surface area contributed by atoms with Gasteiger partial charge >= 0.3 is 5.97 Å². The van der Waals surface area contributed by atoms with Crippen LogP contribution in [0.4, 0.5) is 5.69 Å². The summed E-state index contributed by atoms with van der Waals surface area (Å²) in [6, 6.07) is 7.42. The van der Waals surface area contributed by atoms with Gasteiger partial charge in [0.1, 0.15) is 11.3 Å². The van der Waals surface area contributed by atoms with Crippen molar-refractivity contribution in [2.75, 3.05) is 5.32 Å². The number of nitrogens with one attached hydrogen (secondary N) is 1. The lowest BCUT2D eigenvalue weighted by molar-refractivity contribution is 0.0692. The van der Waals surface area contributed by atoms with Crippen LogP contribution in [0.5, 0.6) is 0 Å². The highest BCUT2D eigenvalue weighted by Crippen LogP contribution is 2.14. The number of rotatable bonds is 4. The standard InChI is InChI=1S/C14H15N3O3/c1-3-9-5-4-6-10(7-9)16-13(18)12-11(14(19)20)8-15-17(12)2/h4-8H,3H2,1-2H3,(H,16,18)(H,19,20). The zero-order valence-electron chi connectivity index (χ0n) is 11.3. The van der Waals surface area contributed by atoms with Gasteiger partial charge in [0.05, 0.1) is 6.20 Å². The van der Waals surface area contributed by atoms with Gasteiger partial charge in [0.15, 0.2) is 0 Å². The molecule has 0 saturated carbocycles. The van der Waals surface area contributed by atoms with Crippen LogP contribution in [0.2, 0.25) is 0 Å². The van der Waals surface area contributed by atoms with Gasteiger partial charge in [-0.05, 0) is 24.1 Å². The average Bonchev–Trinajstić information content (AvgIpc) is 2.81. The quantitative estimate of drug-likeness (QED) is 0.891. The largest absolute Gasteiger partial charge is 0.478 e. The second-order valence-corrected chi connectivity index (χ2v) is 4.34. The fourth-order valence-corrected chi connectivity index (χ4v) is 1.92. The smallest absolute Gasteiger partial charge is 0.339 e. The Kier molecular flexibility index (Phi) is 3.84. The first kappa shape index (κ1) is 13.8. The van der Waals surface area contributed by atoms with Crippen LogP contribution in [-0.4, -0.2) is 26.8 Å². The number of aromatic carboxylic acids is 1. The number of benzene rings is 1. The molecule has 0 bridgehead atoms. The van der Waals surface area contributed by atoms with E-state index in [1.165, 1.54) is 17.9 Å². The van der Waals surface area contributed by atoms with Gasteiger partial charge in [-0.25, -0.2) is 4.79 Å². The van der Waals surface area contributed by atoms with Crippen molar-refractivity contribution in [2.24, 2.45) is 7.05 Å². The molecular formula is C14H15N3O3. The van der Waals surface area contributed by atoms with Crippen molar-refractivity contribution in [2.45, 2.75) is 13.3 Å². The van der Waals surface area contributed by atoms with E-state index in [1.807, 2.05) is 25.1 Å². The van der Waals surface area contributed by atoms with Gasteiger partial charge in [-0.2, -0.15) is 5.10 Å². The van der Waals surface area contributed by atoms with Crippen LogP contribution in [-0.2, 0) is 13.5 Å². The maximum absolute atomic E-state index is 12.2. The van der Waals surface area contributed by atoms with Gasteiger partial charge in [0.2, 0.25) is 0 Å². The Labute approximate surface area is 116 Å². The molecule has 104 valence electrons. The molecule has 6 heteroatoms. The van der Waals surface area contributed by atoms with E-state index in [0.29, 0.717) is 5.69 Å². The van der Waals surface area contributed by atoms with Crippen molar-refractivity contribution in [3.8, 4) is 0 Å². The molecule has 2 aromatic rings. The minimum absolute atomic E-state index is 0.0272. The third-order valence-corrected chi connectivity index (χ3v) is 2.98. The highest BCUT2D eigenvalue weighted by Gasteiger charge is 2.21. The van der Waals surface area contributed by atoms with Gasteiger partial charge < -0.3 is 10.4 Å². The van der Waals surface area contributed by atoms with Gasteiger partial charge in [-0.3, -0.25) is 9.48 Å². The molecule has 2 N–H and O–H groups in total. The van der Waals surface area contributed by atoms with Crippen LogP contribution in [0.15, 0.2) is 30.5 Å². The molecule has 1 aromatic carbocycles. The maximum Gasteiger partial charge on any atom is 0.339 e. The Balaban J connectivity index is 2.28. The number of carbonyl (C=O) groups excluding carboxylic acids is 1. The summed E-state index contributed by atoms with van der Waals surface area (Å²) in [5, 5.41) is 15.5. The molecule has 0 radical (unpaired) electrons. The van der Waals surface area contributed by atoms with Crippen LogP contribution < -0.4 is 5.32 Å². The summed E-state index contributed by atoms with van der Waals surface area (Å²) in [5.74, 6) is -1.67. The number of hydrogen-bond donors (Lipinski definition) is 2. The predicted octanol–water partition coefficient (Wildman–Crippen LogP) is 1.93. The monoisotopic (exact) mass is 273 g/mol. The predicted molar refractivity (Wildman–Crippen MR) is 73.9 cm³/mol. The summed E-state index contributed by atoms with van der Waals surface area (Å²) < 4.78 is 1.25. The zero-order valence-corrected chi connectivity index (χ0v) is 11.3.